The first-order valence-electron chi connectivity index (χ1n) is 18.8. The molecule has 0 aliphatic heterocycles. The minimum Gasteiger partial charge on any atom is -0.456 e. The van der Waals surface area contributed by atoms with Crippen molar-refractivity contribution in [3.05, 3.63) is 170 Å². The van der Waals surface area contributed by atoms with E-state index in [4.69, 9.17) is 33.2 Å². The van der Waals surface area contributed by atoms with Crippen molar-refractivity contribution in [2.24, 2.45) is 0 Å². The van der Waals surface area contributed by atoms with E-state index < -0.39 is 0 Å². The van der Waals surface area contributed by atoms with Gasteiger partial charge in [0.1, 0.15) is 27.8 Å². The fraction of sp³-hybridized carbons (Fsp3) is 0. The van der Waals surface area contributed by atoms with Gasteiger partial charge in [0.25, 0.3) is 0 Å². The van der Waals surface area contributed by atoms with Crippen LogP contribution < -0.4 is 0 Å². The zero-order valence-corrected chi connectivity index (χ0v) is 30.2. The molecule has 0 fully saturated rings. The van der Waals surface area contributed by atoms with Gasteiger partial charge >= 0.3 is 0 Å². The van der Waals surface area contributed by atoms with Crippen molar-refractivity contribution in [3.8, 4) is 56.7 Å². The number of para-hydroxylation sites is 1. The van der Waals surface area contributed by atoms with E-state index in [1.807, 2.05) is 109 Å². The fourth-order valence-electron chi connectivity index (χ4n) is 8.05. The first-order valence-corrected chi connectivity index (χ1v) is 18.8. The van der Waals surface area contributed by atoms with E-state index in [0.717, 1.165) is 82.4 Å². The van der Waals surface area contributed by atoms with E-state index in [1.165, 1.54) is 0 Å². The van der Waals surface area contributed by atoms with Gasteiger partial charge in [-0.05, 0) is 76.5 Å². The van der Waals surface area contributed by atoms with Crippen LogP contribution in [0.4, 0.5) is 0 Å². The van der Waals surface area contributed by atoms with E-state index in [0.29, 0.717) is 40.1 Å². The van der Waals surface area contributed by atoms with Gasteiger partial charge in [0.05, 0.1) is 10.9 Å². The molecule has 0 saturated carbocycles. The Kier molecular flexibility index (Phi) is 6.79. The number of rotatable bonds is 5. The average molecular weight is 733 g/mol. The second-order valence-electron chi connectivity index (χ2n) is 14.2. The van der Waals surface area contributed by atoms with Crippen molar-refractivity contribution in [1.82, 2.24) is 19.9 Å². The molecule has 0 saturated heterocycles. The molecular formula is C50H28N4O3. The van der Waals surface area contributed by atoms with Crippen LogP contribution in [0, 0.1) is 0 Å². The molecule has 4 heterocycles. The number of benzene rings is 8. The summed E-state index contributed by atoms with van der Waals surface area (Å²) in [6.45, 7) is 0. The van der Waals surface area contributed by atoms with Crippen molar-refractivity contribution in [1.29, 1.82) is 0 Å². The Hall–Kier alpha value is -7.90. The molecule has 0 atom stereocenters. The third-order valence-corrected chi connectivity index (χ3v) is 10.7. The van der Waals surface area contributed by atoms with Crippen LogP contribution in [-0.2, 0) is 0 Å². The highest BCUT2D eigenvalue weighted by molar-refractivity contribution is 6.27. The predicted molar refractivity (Wildman–Crippen MR) is 227 cm³/mol. The Balaban J connectivity index is 1.12. The van der Waals surface area contributed by atoms with Gasteiger partial charge in [-0.15, -0.1) is 0 Å². The number of aromatic nitrogens is 4. The summed E-state index contributed by atoms with van der Waals surface area (Å²) in [4.78, 5) is 20.6. The summed E-state index contributed by atoms with van der Waals surface area (Å²) in [7, 11) is 0. The molecule has 266 valence electrons. The molecule has 0 bridgehead atoms. The van der Waals surface area contributed by atoms with E-state index in [-0.39, 0.29) is 0 Å². The van der Waals surface area contributed by atoms with Crippen LogP contribution >= 0.6 is 0 Å². The van der Waals surface area contributed by atoms with Crippen LogP contribution in [0.25, 0.3) is 122 Å². The standard InChI is InChI=1S/C50H28N4O3/c1-3-12-29(13-4-1)31-17-11-18-33(26-31)47-52-48(34-22-23-37-36-20-9-10-21-39(36)55-42(37)28-34)54-49(53-47)38-27-32-16-7-8-19-35(32)43-44-40(56-46(38)43)24-25-41-45(44)51-50(57-41)30-14-5-2-6-15-30/h1-28H. The number of hydrogen-bond acceptors (Lipinski definition) is 7. The predicted octanol–water partition coefficient (Wildman–Crippen LogP) is 13.3. The third-order valence-electron chi connectivity index (χ3n) is 10.7. The fourth-order valence-corrected chi connectivity index (χ4v) is 8.05. The van der Waals surface area contributed by atoms with Gasteiger partial charge in [0, 0.05) is 32.8 Å². The van der Waals surface area contributed by atoms with E-state index >= 15 is 0 Å². The summed E-state index contributed by atoms with van der Waals surface area (Å²) >= 11 is 0. The minimum atomic E-state index is 0.487. The van der Waals surface area contributed by atoms with Crippen LogP contribution in [0.3, 0.4) is 0 Å². The largest absolute Gasteiger partial charge is 0.456 e. The Labute approximate surface area is 324 Å². The highest BCUT2D eigenvalue weighted by Gasteiger charge is 2.24. The van der Waals surface area contributed by atoms with Crippen LogP contribution in [0.1, 0.15) is 0 Å². The molecule has 0 aliphatic rings. The van der Waals surface area contributed by atoms with Crippen molar-refractivity contribution in [2.45, 2.75) is 0 Å². The van der Waals surface area contributed by atoms with Gasteiger partial charge in [0.2, 0.25) is 5.89 Å². The summed E-state index contributed by atoms with van der Waals surface area (Å²) < 4.78 is 19.5. The molecule has 4 aromatic heterocycles. The van der Waals surface area contributed by atoms with Crippen LogP contribution in [0.5, 0.6) is 0 Å². The molecule has 8 aromatic carbocycles. The number of furan rings is 2. The lowest BCUT2D eigenvalue weighted by atomic mass is 9.99. The van der Waals surface area contributed by atoms with Gasteiger partial charge in [-0.1, -0.05) is 115 Å². The second-order valence-corrected chi connectivity index (χ2v) is 14.2. The first kappa shape index (κ1) is 31.5. The monoisotopic (exact) mass is 732 g/mol. The molecule has 7 heteroatoms. The lowest BCUT2D eigenvalue weighted by Crippen LogP contribution is -2.00. The first-order chi connectivity index (χ1) is 28.2. The summed E-state index contributed by atoms with van der Waals surface area (Å²) in [5.41, 5.74) is 9.88. The molecule has 0 aliphatic carbocycles. The quantitative estimate of drug-likeness (QED) is 0.174. The maximum absolute atomic E-state index is 6.83. The second kappa shape index (κ2) is 12.3. The summed E-state index contributed by atoms with van der Waals surface area (Å²) in [5, 5.41) is 5.96. The number of fused-ring (bicyclic) bond motifs is 10. The van der Waals surface area contributed by atoms with Gasteiger partial charge in [-0.2, -0.15) is 0 Å². The maximum Gasteiger partial charge on any atom is 0.227 e. The molecule has 12 rings (SSSR count). The molecule has 0 radical (unpaired) electrons. The normalized spacial score (nSPS) is 11.9. The summed E-state index contributed by atoms with van der Waals surface area (Å²) in [6, 6.07) is 57.1. The Bertz CT molecular complexity index is 3530. The molecule has 7 nitrogen and oxygen atoms in total. The zero-order chi connectivity index (χ0) is 37.5. The Morgan fingerprint density at radius 3 is 1.82 bits per heavy atom. The van der Waals surface area contributed by atoms with Gasteiger partial charge in [-0.25, -0.2) is 19.9 Å². The lowest BCUT2D eigenvalue weighted by Gasteiger charge is -2.11. The molecule has 0 amide bonds. The van der Waals surface area contributed by atoms with Crippen molar-refractivity contribution in [3.63, 3.8) is 0 Å². The molecule has 0 N–H and O–H groups in total. The van der Waals surface area contributed by atoms with E-state index in [2.05, 4.69) is 60.7 Å². The highest BCUT2D eigenvalue weighted by atomic mass is 16.4. The maximum atomic E-state index is 6.83. The molecule has 12 aromatic rings. The smallest absolute Gasteiger partial charge is 0.227 e. The van der Waals surface area contributed by atoms with Crippen LogP contribution in [0.2, 0.25) is 0 Å². The van der Waals surface area contributed by atoms with Crippen molar-refractivity contribution < 1.29 is 13.3 Å². The Morgan fingerprint density at radius 1 is 0.333 bits per heavy atom. The lowest BCUT2D eigenvalue weighted by molar-refractivity contribution is 0.619. The van der Waals surface area contributed by atoms with Crippen LogP contribution in [-0.4, -0.2) is 19.9 Å². The molecule has 0 spiro atoms. The number of nitrogens with zero attached hydrogens (tertiary/aromatic N) is 4. The number of hydrogen-bond donors (Lipinski definition) is 0. The SMILES string of the molecule is c1ccc(-c2cccc(-c3nc(-c4ccc5c(c4)oc4ccccc45)nc(-c4cc5ccccc5c5c4oc4ccc6oc(-c7ccccc7)nc6c45)n3)c2)cc1. The molecular weight excluding hydrogens is 705 g/mol. The number of oxazole rings is 1. The Morgan fingerprint density at radius 2 is 0.982 bits per heavy atom. The minimum absolute atomic E-state index is 0.487. The van der Waals surface area contributed by atoms with E-state index in [1.54, 1.807) is 0 Å². The van der Waals surface area contributed by atoms with Crippen molar-refractivity contribution in [2.75, 3.05) is 0 Å². The zero-order valence-electron chi connectivity index (χ0n) is 30.2. The topological polar surface area (TPSA) is 91.0 Å². The van der Waals surface area contributed by atoms with Crippen molar-refractivity contribution >= 4 is 65.7 Å². The summed E-state index contributed by atoms with van der Waals surface area (Å²) in [6.07, 6.45) is 0. The average Bonchev–Trinajstić information content (AvgIpc) is 4.00. The summed E-state index contributed by atoms with van der Waals surface area (Å²) in [5.74, 6) is 2.10. The molecule has 57 heavy (non-hydrogen) atoms. The van der Waals surface area contributed by atoms with Gasteiger partial charge in [0.15, 0.2) is 23.1 Å². The van der Waals surface area contributed by atoms with Crippen LogP contribution in [0.15, 0.2) is 183 Å². The molecule has 0 unspecified atom stereocenters. The van der Waals surface area contributed by atoms with E-state index in [9.17, 15) is 0 Å². The van der Waals surface area contributed by atoms with Gasteiger partial charge < -0.3 is 13.3 Å². The van der Waals surface area contributed by atoms with Gasteiger partial charge in [-0.3, -0.25) is 0 Å². The third kappa shape index (κ3) is 5.06. The highest BCUT2D eigenvalue weighted by Crippen LogP contribution is 2.44.